The maximum absolute atomic E-state index is 11.9. The first-order valence-corrected chi connectivity index (χ1v) is 8.39. The van der Waals surface area contributed by atoms with Crippen LogP contribution in [0.15, 0.2) is 0 Å². The molecule has 1 aliphatic carbocycles. The minimum absolute atomic E-state index is 0.0539. The average Bonchev–Trinajstić information content (AvgIpc) is 2.61. The molecule has 8 nitrogen and oxygen atoms in total. The Labute approximate surface area is 142 Å². The van der Waals surface area contributed by atoms with Crippen LogP contribution in [0.1, 0.15) is 25.7 Å². The van der Waals surface area contributed by atoms with Gasteiger partial charge in [-0.3, -0.25) is 9.59 Å². The Morgan fingerprint density at radius 3 is 1.38 bits per heavy atom. The van der Waals surface area contributed by atoms with Crippen LogP contribution >= 0.6 is 0 Å². The van der Waals surface area contributed by atoms with Crippen molar-refractivity contribution in [1.82, 2.24) is 0 Å². The number of carbonyl (C=O) groups excluding carboxylic acids is 2. The highest BCUT2D eigenvalue weighted by Gasteiger charge is 2.31. The summed E-state index contributed by atoms with van der Waals surface area (Å²) in [6, 6.07) is 0. The van der Waals surface area contributed by atoms with Gasteiger partial charge in [-0.1, -0.05) is 0 Å². The van der Waals surface area contributed by atoms with Crippen LogP contribution in [-0.4, -0.2) is 75.0 Å². The molecule has 8 heteroatoms. The summed E-state index contributed by atoms with van der Waals surface area (Å²) in [5.41, 5.74) is 0. The van der Waals surface area contributed by atoms with Crippen LogP contribution < -0.4 is 0 Å². The number of rotatable bonds is 12. The van der Waals surface area contributed by atoms with Crippen LogP contribution in [-0.2, 0) is 28.5 Å². The molecule has 1 rings (SSSR count). The Morgan fingerprint density at radius 1 is 0.667 bits per heavy atom. The highest BCUT2D eigenvalue weighted by molar-refractivity contribution is 5.75. The third-order valence-corrected chi connectivity index (χ3v) is 3.81. The molecule has 0 spiro atoms. The quantitative estimate of drug-likeness (QED) is 0.371. The number of ether oxygens (including phenoxy) is 4. The molecule has 0 bridgehead atoms. The van der Waals surface area contributed by atoms with Crippen molar-refractivity contribution in [3.63, 3.8) is 0 Å². The number of aliphatic hydroxyl groups is 2. The largest absolute Gasteiger partial charge is 0.463 e. The van der Waals surface area contributed by atoms with E-state index >= 15 is 0 Å². The maximum atomic E-state index is 11.9. The van der Waals surface area contributed by atoms with Crippen molar-refractivity contribution in [3.05, 3.63) is 0 Å². The highest BCUT2D eigenvalue weighted by atomic mass is 16.6. The molecule has 0 aromatic rings. The summed E-state index contributed by atoms with van der Waals surface area (Å²) >= 11 is 0. The average molecular weight is 348 g/mol. The van der Waals surface area contributed by atoms with Crippen molar-refractivity contribution >= 4 is 11.9 Å². The summed E-state index contributed by atoms with van der Waals surface area (Å²) in [7, 11) is 0. The minimum Gasteiger partial charge on any atom is -0.463 e. The van der Waals surface area contributed by atoms with Crippen molar-refractivity contribution in [1.29, 1.82) is 0 Å². The maximum Gasteiger partial charge on any atom is 0.309 e. The fourth-order valence-corrected chi connectivity index (χ4v) is 2.54. The van der Waals surface area contributed by atoms with E-state index in [1.54, 1.807) is 0 Å². The topological polar surface area (TPSA) is 112 Å². The standard InChI is InChI=1S/C16H28O8/c17-5-7-21-9-11-23-15(19)13-1-2-14(4-3-13)16(20)24-12-10-22-8-6-18/h13-14,17-18H,1-12H2. The number of hydrogen-bond donors (Lipinski definition) is 2. The molecule has 0 amide bonds. The van der Waals surface area contributed by atoms with Crippen LogP contribution in [0, 0.1) is 11.8 Å². The normalized spacial score (nSPS) is 20.6. The number of carbonyl (C=O) groups is 2. The van der Waals surface area contributed by atoms with Gasteiger partial charge in [0, 0.05) is 0 Å². The highest BCUT2D eigenvalue weighted by Crippen LogP contribution is 2.30. The van der Waals surface area contributed by atoms with Crippen molar-refractivity contribution in [2.75, 3.05) is 52.9 Å². The molecule has 1 fully saturated rings. The third-order valence-electron chi connectivity index (χ3n) is 3.81. The van der Waals surface area contributed by atoms with E-state index in [1.807, 2.05) is 0 Å². The van der Waals surface area contributed by atoms with Gasteiger partial charge in [0.25, 0.3) is 0 Å². The molecule has 0 saturated heterocycles. The van der Waals surface area contributed by atoms with E-state index in [1.165, 1.54) is 0 Å². The van der Waals surface area contributed by atoms with Crippen LogP contribution in [0.5, 0.6) is 0 Å². The van der Waals surface area contributed by atoms with Gasteiger partial charge in [0.2, 0.25) is 0 Å². The Hall–Kier alpha value is -1.22. The van der Waals surface area contributed by atoms with Gasteiger partial charge in [-0.25, -0.2) is 0 Å². The molecule has 1 aliphatic rings. The second kappa shape index (κ2) is 13.1. The van der Waals surface area contributed by atoms with Crippen molar-refractivity contribution in [2.45, 2.75) is 25.7 Å². The van der Waals surface area contributed by atoms with Gasteiger partial charge in [-0.2, -0.15) is 0 Å². The first-order valence-electron chi connectivity index (χ1n) is 8.39. The third kappa shape index (κ3) is 8.58. The number of esters is 2. The predicted octanol–water partition coefficient (Wildman–Crippen LogP) is -0.103. The second-order valence-corrected chi connectivity index (χ2v) is 5.56. The zero-order valence-corrected chi connectivity index (χ0v) is 14.0. The molecule has 1 saturated carbocycles. The van der Waals surface area contributed by atoms with E-state index in [-0.39, 0.29) is 76.6 Å². The molecule has 0 aromatic heterocycles. The van der Waals surface area contributed by atoms with Gasteiger partial charge in [0.05, 0.1) is 51.5 Å². The lowest BCUT2D eigenvalue weighted by Gasteiger charge is -2.25. The van der Waals surface area contributed by atoms with Crippen LogP contribution in [0.3, 0.4) is 0 Å². The smallest absolute Gasteiger partial charge is 0.309 e. The van der Waals surface area contributed by atoms with Crippen LogP contribution in [0.4, 0.5) is 0 Å². The van der Waals surface area contributed by atoms with Crippen molar-refractivity contribution in [3.8, 4) is 0 Å². The predicted molar refractivity (Wildman–Crippen MR) is 83.2 cm³/mol. The van der Waals surface area contributed by atoms with Crippen LogP contribution in [0.25, 0.3) is 0 Å². The van der Waals surface area contributed by atoms with Gasteiger partial charge in [0.1, 0.15) is 13.2 Å². The van der Waals surface area contributed by atoms with Gasteiger partial charge in [0.15, 0.2) is 0 Å². The van der Waals surface area contributed by atoms with E-state index in [2.05, 4.69) is 0 Å². The molecule has 0 aromatic carbocycles. The van der Waals surface area contributed by atoms with Gasteiger partial charge in [-0.05, 0) is 25.7 Å². The molecule has 24 heavy (non-hydrogen) atoms. The zero-order chi connectivity index (χ0) is 17.6. The molecule has 0 aliphatic heterocycles. The van der Waals surface area contributed by atoms with E-state index in [4.69, 9.17) is 29.2 Å². The summed E-state index contributed by atoms with van der Waals surface area (Å²) < 4.78 is 20.3. The lowest BCUT2D eigenvalue weighted by atomic mass is 9.82. The second-order valence-electron chi connectivity index (χ2n) is 5.56. The summed E-state index contributed by atoms with van der Waals surface area (Å²) in [4.78, 5) is 23.8. The number of hydrogen-bond acceptors (Lipinski definition) is 8. The summed E-state index contributed by atoms with van der Waals surface area (Å²) in [6.07, 6.45) is 2.43. The van der Waals surface area contributed by atoms with E-state index in [0.717, 1.165) is 0 Å². The summed E-state index contributed by atoms with van der Waals surface area (Å²) in [5, 5.41) is 17.1. The first kappa shape index (κ1) is 20.8. The number of aliphatic hydroxyl groups excluding tert-OH is 2. The minimum atomic E-state index is -0.258. The van der Waals surface area contributed by atoms with E-state index < -0.39 is 0 Å². The molecular formula is C16H28O8. The molecular weight excluding hydrogens is 320 g/mol. The van der Waals surface area contributed by atoms with Gasteiger partial charge >= 0.3 is 11.9 Å². The fourth-order valence-electron chi connectivity index (χ4n) is 2.54. The van der Waals surface area contributed by atoms with Crippen LogP contribution in [0.2, 0.25) is 0 Å². The molecule has 0 radical (unpaired) electrons. The molecule has 2 N–H and O–H groups in total. The van der Waals surface area contributed by atoms with Crippen molar-refractivity contribution < 1.29 is 38.7 Å². The lowest BCUT2D eigenvalue weighted by Crippen LogP contribution is -2.29. The van der Waals surface area contributed by atoms with Crippen molar-refractivity contribution in [2.24, 2.45) is 11.8 Å². The van der Waals surface area contributed by atoms with E-state index in [9.17, 15) is 9.59 Å². The lowest BCUT2D eigenvalue weighted by molar-refractivity contribution is -0.156. The van der Waals surface area contributed by atoms with Gasteiger partial charge < -0.3 is 29.2 Å². The molecule has 0 heterocycles. The Morgan fingerprint density at radius 2 is 1.04 bits per heavy atom. The van der Waals surface area contributed by atoms with E-state index in [0.29, 0.717) is 25.7 Å². The zero-order valence-electron chi connectivity index (χ0n) is 14.0. The fraction of sp³-hybridized carbons (Fsp3) is 0.875. The molecule has 140 valence electrons. The Bertz CT molecular complexity index is 318. The Balaban J connectivity index is 2.11. The summed E-state index contributed by atoms with van der Waals surface area (Å²) in [6.45, 7) is 1.25. The summed E-state index contributed by atoms with van der Waals surface area (Å²) in [5.74, 6) is -0.877. The molecule has 0 atom stereocenters. The van der Waals surface area contributed by atoms with Gasteiger partial charge in [-0.15, -0.1) is 0 Å². The molecule has 0 unspecified atom stereocenters. The Kier molecular flexibility index (Phi) is 11.4. The first-order chi connectivity index (χ1) is 11.7. The SMILES string of the molecule is O=C(OCCOCCO)C1CCC(C(=O)OCCOCCO)CC1. The monoisotopic (exact) mass is 348 g/mol.